The molecule has 0 saturated heterocycles. The third kappa shape index (κ3) is 5.31. The van der Waals surface area contributed by atoms with Gasteiger partial charge in [0.05, 0.1) is 5.92 Å². The SMILES string of the molecule is CCCCOC(O)C(CN(C)c1ccccc1)C(C)=O. The lowest BCUT2D eigenvalue weighted by molar-refractivity contribution is -0.152. The van der Waals surface area contributed by atoms with Crippen molar-refractivity contribution >= 4 is 11.5 Å². The molecule has 0 amide bonds. The number of ketones is 1. The lowest BCUT2D eigenvalue weighted by Gasteiger charge is -2.27. The van der Waals surface area contributed by atoms with E-state index in [-0.39, 0.29) is 5.78 Å². The van der Waals surface area contributed by atoms with Gasteiger partial charge in [-0.3, -0.25) is 4.79 Å². The van der Waals surface area contributed by atoms with Crippen LogP contribution < -0.4 is 4.90 Å². The second kappa shape index (κ2) is 8.72. The molecule has 2 atom stereocenters. The van der Waals surface area contributed by atoms with E-state index in [1.807, 2.05) is 42.3 Å². The predicted octanol–water partition coefficient (Wildman–Crippen LogP) is 2.46. The Kier molecular flexibility index (Phi) is 7.26. The molecule has 1 aromatic carbocycles. The van der Waals surface area contributed by atoms with Crippen molar-refractivity contribution in [3.8, 4) is 0 Å². The molecule has 0 aliphatic carbocycles. The molecule has 0 heterocycles. The highest BCUT2D eigenvalue weighted by Crippen LogP contribution is 2.16. The predicted molar refractivity (Wildman–Crippen MR) is 80.7 cm³/mol. The molecule has 0 bridgehead atoms. The van der Waals surface area contributed by atoms with E-state index in [1.165, 1.54) is 6.92 Å². The first-order chi connectivity index (χ1) is 9.56. The molecule has 1 aromatic rings. The number of carbonyl (C=O) groups excluding carboxylic acids is 1. The van der Waals surface area contributed by atoms with Crippen molar-refractivity contribution in [1.82, 2.24) is 0 Å². The van der Waals surface area contributed by atoms with Crippen LogP contribution in [0, 0.1) is 5.92 Å². The molecule has 0 aliphatic rings. The van der Waals surface area contributed by atoms with E-state index in [1.54, 1.807) is 0 Å². The van der Waals surface area contributed by atoms with Crippen LogP contribution in [0.2, 0.25) is 0 Å². The molecule has 0 aliphatic heterocycles. The molecule has 0 saturated carbocycles. The van der Waals surface area contributed by atoms with Crippen molar-refractivity contribution in [1.29, 1.82) is 0 Å². The molecule has 4 nitrogen and oxygen atoms in total. The van der Waals surface area contributed by atoms with Gasteiger partial charge in [0.15, 0.2) is 6.29 Å². The molecule has 112 valence electrons. The Labute approximate surface area is 121 Å². The minimum Gasteiger partial charge on any atom is -0.374 e. The van der Waals surface area contributed by atoms with Crippen molar-refractivity contribution in [2.45, 2.75) is 33.0 Å². The number of para-hydroxylation sites is 1. The van der Waals surface area contributed by atoms with Gasteiger partial charge in [-0.2, -0.15) is 0 Å². The third-order valence-corrected chi connectivity index (χ3v) is 3.32. The number of unbranched alkanes of at least 4 members (excludes halogenated alkanes) is 1. The molecule has 1 rings (SSSR count). The first-order valence-electron chi connectivity index (χ1n) is 7.12. The summed E-state index contributed by atoms with van der Waals surface area (Å²) in [5.74, 6) is -0.589. The van der Waals surface area contributed by atoms with Crippen LogP contribution >= 0.6 is 0 Å². The molecule has 1 N–H and O–H groups in total. The maximum Gasteiger partial charge on any atom is 0.165 e. The summed E-state index contributed by atoms with van der Waals surface area (Å²) in [6, 6.07) is 9.79. The molecule has 0 spiro atoms. The number of hydrogen-bond donors (Lipinski definition) is 1. The van der Waals surface area contributed by atoms with Gasteiger partial charge in [-0.1, -0.05) is 31.5 Å². The number of aliphatic hydroxyl groups is 1. The standard InChI is InChI=1S/C16H25NO3/c1-4-5-11-20-16(19)15(13(2)18)12-17(3)14-9-7-6-8-10-14/h6-10,15-16,19H,4-5,11-12H2,1-3H3. The highest BCUT2D eigenvalue weighted by molar-refractivity contribution is 5.79. The number of nitrogens with zero attached hydrogens (tertiary/aromatic N) is 1. The normalized spacial score (nSPS) is 13.8. The minimum atomic E-state index is -1.04. The lowest BCUT2D eigenvalue weighted by Crippen LogP contribution is -2.38. The first kappa shape index (κ1) is 16.7. The van der Waals surface area contributed by atoms with E-state index < -0.39 is 12.2 Å². The number of benzene rings is 1. The minimum absolute atomic E-state index is 0.0585. The topological polar surface area (TPSA) is 49.8 Å². The van der Waals surface area contributed by atoms with Crippen molar-refractivity contribution in [2.75, 3.05) is 25.1 Å². The average molecular weight is 279 g/mol. The first-order valence-corrected chi connectivity index (χ1v) is 7.12. The maximum atomic E-state index is 11.7. The van der Waals surface area contributed by atoms with Crippen molar-refractivity contribution in [3.05, 3.63) is 30.3 Å². The van der Waals surface area contributed by atoms with Gasteiger partial charge >= 0.3 is 0 Å². The second-order valence-electron chi connectivity index (χ2n) is 5.05. The van der Waals surface area contributed by atoms with Gasteiger partial charge in [0.1, 0.15) is 5.78 Å². The van der Waals surface area contributed by atoms with Crippen LogP contribution in [0.25, 0.3) is 0 Å². The van der Waals surface area contributed by atoms with E-state index >= 15 is 0 Å². The Bertz CT molecular complexity index is 394. The molecule has 0 aromatic heterocycles. The highest BCUT2D eigenvalue weighted by Gasteiger charge is 2.26. The second-order valence-corrected chi connectivity index (χ2v) is 5.05. The van der Waals surface area contributed by atoms with Crippen molar-refractivity contribution in [3.63, 3.8) is 0 Å². The Morgan fingerprint density at radius 2 is 2.00 bits per heavy atom. The molecule has 0 fully saturated rings. The third-order valence-electron chi connectivity index (χ3n) is 3.32. The van der Waals surface area contributed by atoms with E-state index in [0.29, 0.717) is 13.2 Å². The molecular formula is C16H25NO3. The smallest absolute Gasteiger partial charge is 0.165 e. The fourth-order valence-electron chi connectivity index (χ4n) is 1.97. The van der Waals surface area contributed by atoms with Gasteiger partial charge < -0.3 is 14.7 Å². The zero-order chi connectivity index (χ0) is 15.0. The number of aliphatic hydroxyl groups excluding tert-OH is 1. The Morgan fingerprint density at radius 1 is 1.35 bits per heavy atom. The van der Waals surface area contributed by atoms with Gasteiger partial charge in [-0.15, -0.1) is 0 Å². The van der Waals surface area contributed by atoms with E-state index in [0.717, 1.165) is 18.5 Å². The Morgan fingerprint density at radius 3 is 2.55 bits per heavy atom. The average Bonchev–Trinajstić information content (AvgIpc) is 2.45. The number of Topliss-reactive ketones (excluding diaryl/α,β-unsaturated/α-hetero) is 1. The van der Waals surface area contributed by atoms with Crippen LogP contribution in [-0.4, -0.2) is 37.4 Å². The van der Waals surface area contributed by atoms with Crippen LogP contribution in [0.3, 0.4) is 0 Å². The fourth-order valence-corrected chi connectivity index (χ4v) is 1.97. The number of carbonyl (C=O) groups is 1. The summed E-state index contributed by atoms with van der Waals surface area (Å²) in [7, 11) is 1.91. The summed E-state index contributed by atoms with van der Waals surface area (Å²) in [6.45, 7) is 4.47. The van der Waals surface area contributed by atoms with Crippen LogP contribution in [0.1, 0.15) is 26.7 Å². The largest absolute Gasteiger partial charge is 0.374 e. The lowest BCUT2D eigenvalue weighted by atomic mass is 10.0. The number of ether oxygens (including phenoxy) is 1. The molecule has 0 radical (unpaired) electrons. The molecule has 2 unspecified atom stereocenters. The summed E-state index contributed by atoms with van der Waals surface area (Å²) in [5.41, 5.74) is 1.01. The van der Waals surface area contributed by atoms with Gasteiger partial charge in [-0.05, 0) is 25.5 Å². The van der Waals surface area contributed by atoms with E-state index in [4.69, 9.17) is 4.74 Å². The van der Waals surface area contributed by atoms with E-state index in [2.05, 4.69) is 6.92 Å². The zero-order valence-corrected chi connectivity index (χ0v) is 12.6. The summed E-state index contributed by atoms with van der Waals surface area (Å²) in [5, 5.41) is 10.0. The Balaban J connectivity index is 2.60. The monoisotopic (exact) mass is 279 g/mol. The maximum absolute atomic E-state index is 11.7. The number of hydrogen-bond acceptors (Lipinski definition) is 4. The van der Waals surface area contributed by atoms with Crippen LogP contribution in [-0.2, 0) is 9.53 Å². The quantitative estimate of drug-likeness (QED) is 0.557. The van der Waals surface area contributed by atoms with E-state index in [9.17, 15) is 9.90 Å². The number of rotatable bonds is 9. The zero-order valence-electron chi connectivity index (χ0n) is 12.6. The van der Waals surface area contributed by atoms with Gasteiger partial charge in [0, 0.05) is 25.9 Å². The highest BCUT2D eigenvalue weighted by atomic mass is 16.6. The van der Waals surface area contributed by atoms with Crippen LogP contribution in [0.5, 0.6) is 0 Å². The van der Waals surface area contributed by atoms with Crippen LogP contribution in [0.4, 0.5) is 5.69 Å². The van der Waals surface area contributed by atoms with Gasteiger partial charge in [0.2, 0.25) is 0 Å². The summed E-state index contributed by atoms with van der Waals surface area (Å²) in [6.07, 6.45) is 0.850. The number of anilines is 1. The molecule has 20 heavy (non-hydrogen) atoms. The van der Waals surface area contributed by atoms with Gasteiger partial charge in [-0.25, -0.2) is 0 Å². The molecular weight excluding hydrogens is 254 g/mol. The summed E-state index contributed by atoms with van der Waals surface area (Å²) in [4.78, 5) is 13.7. The summed E-state index contributed by atoms with van der Waals surface area (Å²) < 4.78 is 5.35. The van der Waals surface area contributed by atoms with Crippen molar-refractivity contribution in [2.24, 2.45) is 5.92 Å². The van der Waals surface area contributed by atoms with Crippen LogP contribution in [0.15, 0.2) is 30.3 Å². The fraction of sp³-hybridized carbons (Fsp3) is 0.562. The Hall–Kier alpha value is -1.39. The van der Waals surface area contributed by atoms with Gasteiger partial charge in [0.25, 0.3) is 0 Å². The molecule has 4 heteroatoms. The summed E-state index contributed by atoms with van der Waals surface area (Å²) >= 11 is 0. The van der Waals surface area contributed by atoms with Crippen molar-refractivity contribution < 1.29 is 14.6 Å².